The van der Waals surface area contributed by atoms with E-state index in [1.165, 1.54) is 17.5 Å². The molecule has 0 spiro atoms. The van der Waals surface area contributed by atoms with E-state index in [1.54, 1.807) is 50.1 Å². The zero-order valence-corrected chi connectivity index (χ0v) is 24.0. The molecule has 212 valence electrons. The molecule has 0 saturated heterocycles. The Morgan fingerprint density at radius 1 is 1.10 bits per heavy atom. The molecule has 11 heteroatoms. The second-order valence-electron chi connectivity index (χ2n) is 10.1. The maximum atomic E-state index is 13.4. The maximum Gasteiger partial charge on any atom is 0.275 e. The molecule has 0 unspecified atom stereocenters. The molecule has 10 nitrogen and oxygen atoms in total. The van der Waals surface area contributed by atoms with Crippen molar-refractivity contribution in [2.75, 3.05) is 23.7 Å². The van der Waals surface area contributed by atoms with Gasteiger partial charge in [-0.25, -0.2) is 4.98 Å². The van der Waals surface area contributed by atoms with Crippen LogP contribution in [0.5, 0.6) is 0 Å². The lowest BCUT2D eigenvalue weighted by atomic mass is 9.99. The molecule has 4 aromatic rings. The van der Waals surface area contributed by atoms with Crippen LogP contribution in [0.15, 0.2) is 65.5 Å². The highest BCUT2D eigenvalue weighted by Crippen LogP contribution is 2.34. The number of aliphatic imine (C=N–C) groups is 1. The minimum absolute atomic E-state index is 0.251. The first-order valence-corrected chi connectivity index (χ1v) is 14.1. The van der Waals surface area contributed by atoms with Crippen LogP contribution in [0, 0.1) is 0 Å². The standard InChI is InChI=1S/C30H33N7O3S/c1-4-8-35-24-14-23(20-12-22(27(31)38)17-34-15-20)25(13-21(24)16-33-11-7-30(2,3)40)36-28(39)26-18-41-29(37-26)19-5-9-32-10-6-19/h5-6,9-10,12-18,35,40H,4,7-8,11H2,1-3H3,(H2,31,38)(H,36,39). The van der Waals surface area contributed by atoms with Crippen molar-refractivity contribution in [2.45, 2.75) is 39.2 Å². The van der Waals surface area contributed by atoms with E-state index in [-0.39, 0.29) is 17.2 Å². The third-order valence-electron chi connectivity index (χ3n) is 6.08. The monoisotopic (exact) mass is 571 g/mol. The second-order valence-corrected chi connectivity index (χ2v) is 10.9. The number of nitrogens with zero attached hydrogens (tertiary/aromatic N) is 4. The molecule has 0 radical (unpaired) electrons. The molecule has 0 saturated carbocycles. The quantitative estimate of drug-likeness (QED) is 0.174. The van der Waals surface area contributed by atoms with Gasteiger partial charge in [0.25, 0.3) is 5.91 Å². The lowest BCUT2D eigenvalue weighted by Gasteiger charge is -2.17. The largest absolute Gasteiger partial charge is 0.390 e. The summed E-state index contributed by atoms with van der Waals surface area (Å²) in [6.07, 6.45) is 9.49. The van der Waals surface area contributed by atoms with Crippen molar-refractivity contribution in [3.63, 3.8) is 0 Å². The smallest absolute Gasteiger partial charge is 0.275 e. The number of nitrogens with two attached hydrogens (primary N) is 1. The first-order valence-electron chi connectivity index (χ1n) is 13.2. The van der Waals surface area contributed by atoms with Gasteiger partial charge in [0.15, 0.2) is 0 Å². The lowest BCUT2D eigenvalue weighted by Crippen LogP contribution is -2.19. The lowest BCUT2D eigenvalue weighted by molar-refractivity contribution is 0.0739. The van der Waals surface area contributed by atoms with E-state index in [4.69, 9.17) is 5.73 Å². The van der Waals surface area contributed by atoms with Crippen LogP contribution in [0.4, 0.5) is 11.4 Å². The molecule has 3 aromatic heterocycles. The van der Waals surface area contributed by atoms with E-state index in [1.807, 2.05) is 24.3 Å². The molecule has 5 N–H and O–H groups in total. The van der Waals surface area contributed by atoms with Crippen LogP contribution in [0.25, 0.3) is 21.7 Å². The van der Waals surface area contributed by atoms with E-state index in [0.29, 0.717) is 41.3 Å². The van der Waals surface area contributed by atoms with Crippen LogP contribution in [0.2, 0.25) is 0 Å². The molecule has 41 heavy (non-hydrogen) atoms. The molecule has 0 aliphatic heterocycles. The van der Waals surface area contributed by atoms with Gasteiger partial charge in [-0.1, -0.05) is 6.92 Å². The Morgan fingerprint density at radius 2 is 1.88 bits per heavy atom. The van der Waals surface area contributed by atoms with Gasteiger partial charge < -0.3 is 21.5 Å². The van der Waals surface area contributed by atoms with Crippen molar-refractivity contribution < 1.29 is 14.7 Å². The molecule has 0 aliphatic carbocycles. The number of hydrogen-bond donors (Lipinski definition) is 4. The number of rotatable bonds is 12. The fourth-order valence-electron chi connectivity index (χ4n) is 3.89. The fourth-order valence-corrected chi connectivity index (χ4v) is 4.70. The number of hydrogen-bond acceptors (Lipinski definition) is 9. The molecular formula is C30H33N7O3S. The number of aromatic nitrogens is 3. The van der Waals surface area contributed by atoms with Crippen molar-refractivity contribution >= 4 is 40.7 Å². The van der Waals surface area contributed by atoms with Crippen LogP contribution in [0.3, 0.4) is 0 Å². The summed E-state index contributed by atoms with van der Waals surface area (Å²) in [4.78, 5) is 42.6. The Morgan fingerprint density at radius 3 is 2.59 bits per heavy atom. The van der Waals surface area contributed by atoms with Gasteiger partial charge in [-0.15, -0.1) is 11.3 Å². The van der Waals surface area contributed by atoms with Crippen LogP contribution in [0.1, 0.15) is 60.0 Å². The Balaban J connectivity index is 1.75. The van der Waals surface area contributed by atoms with Gasteiger partial charge >= 0.3 is 0 Å². The molecule has 0 fully saturated rings. The predicted molar refractivity (Wildman–Crippen MR) is 164 cm³/mol. The summed E-state index contributed by atoms with van der Waals surface area (Å²) in [5, 5.41) is 18.9. The highest BCUT2D eigenvalue weighted by Gasteiger charge is 2.18. The molecule has 0 aliphatic rings. The van der Waals surface area contributed by atoms with Gasteiger partial charge in [0.05, 0.1) is 11.2 Å². The Bertz CT molecular complexity index is 1550. The molecule has 3 heterocycles. The number of primary amides is 1. The van der Waals surface area contributed by atoms with Crippen molar-refractivity contribution in [2.24, 2.45) is 10.7 Å². The summed E-state index contributed by atoms with van der Waals surface area (Å²) in [7, 11) is 0. The summed E-state index contributed by atoms with van der Waals surface area (Å²) >= 11 is 1.36. The highest BCUT2D eigenvalue weighted by molar-refractivity contribution is 7.13. The number of amides is 2. The van der Waals surface area contributed by atoms with Crippen LogP contribution in [-0.2, 0) is 0 Å². The van der Waals surface area contributed by atoms with E-state index >= 15 is 0 Å². The summed E-state index contributed by atoms with van der Waals surface area (Å²) < 4.78 is 0. The Labute approximate surface area is 242 Å². The second kappa shape index (κ2) is 13.2. The normalized spacial score (nSPS) is 11.5. The number of nitrogens with one attached hydrogen (secondary N) is 2. The number of carbonyl (C=O) groups is 2. The molecule has 1 aromatic carbocycles. The molecule has 2 amide bonds. The Kier molecular flexibility index (Phi) is 9.53. The fraction of sp³-hybridized carbons (Fsp3) is 0.267. The number of anilines is 2. The minimum atomic E-state index is -0.829. The number of carbonyl (C=O) groups excluding carboxylic acids is 2. The molecule has 0 bridgehead atoms. The average molecular weight is 572 g/mol. The van der Waals surface area contributed by atoms with Crippen LogP contribution < -0.4 is 16.4 Å². The zero-order chi connectivity index (χ0) is 29.4. The van der Waals surface area contributed by atoms with E-state index in [0.717, 1.165) is 23.2 Å². The van der Waals surface area contributed by atoms with Crippen LogP contribution >= 0.6 is 11.3 Å². The SMILES string of the molecule is CCCNc1cc(-c2cncc(C(N)=O)c2)c(NC(=O)c2csc(-c3ccncc3)n2)cc1C=NCCC(C)(C)O. The molecular weight excluding hydrogens is 538 g/mol. The highest BCUT2D eigenvalue weighted by atomic mass is 32.1. The van der Waals surface area contributed by atoms with E-state index in [9.17, 15) is 14.7 Å². The van der Waals surface area contributed by atoms with Gasteiger partial charge in [-0.3, -0.25) is 24.5 Å². The van der Waals surface area contributed by atoms with Gasteiger partial charge in [0.2, 0.25) is 5.91 Å². The number of aliphatic hydroxyl groups is 1. The van der Waals surface area contributed by atoms with Crippen molar-refractivity contribution in [3.05, 3.63) is 77.3 Å². The first-order chi connectivity index (χ1) is 19.6. The molecule has 4 rings (SSSR count). The van der Waals surface area contributed by atoms with Crippen LogP contribution in [-0.4, -0.2) is 56.8 Å². The summed E-state index contributed by atoms with van der Waals surface area (Å²) in [6, 6.07) is 9.04. The third-order valence-corrected chi connectivity index (χ3v) is 6.98. The summed E-state index contributed by atoms with van der Waals surface area (Å²) in [5.74, 6) is -0.989. The summed E-state index contributed by atoms with van der Waals surface area (Å²) in [6.45, 7) is 6.69. The first kappa shape index (κ1) is 29.5. The van der Waals surface area contributed by atoms with Crippen molar-refractivity contribution in [1.29, 1.82) is 0 Å². The van der Waals surface area contributed by atoms with E-state index < -0.39 is 11.5 Å². The number of pyridine rings is 2. The van der Waals surface area contributed by atoms with Gasteiger partial charge in [-0.05, 0) is 57.0 Å². The predicted octanol–water partition coefficient (Wildman–Crippen LogP) is 5.02. The number of benzene rings is 1. The van der Waals surface area contributed by atoms with Gasteiger partial charge in [0.1, 0.15) is 10.7 Å². The van der Waals surface area contributed by atoms with Crippen molar-refractivity contribution in [3.8, 4) is 21.7 Å². The van der Waals surface area contributed by atoms with E-state index in [2.05, 4.69) is 37.5 Å². The Hall–Kier alpha value is -4.48. The summed E-state index contributed by atoms with van der Waals surface area (Å²) in [5.41, 5.74) is 9.37. The minimum Gasteiger partial charge on any atom is -0.390 e. The van der Waals surface area contributed by atoms with Gasteiger partial charge in [-0.2, -0.15) is 0 Å². The zero-order valence-electron chi connectivity index (χ0n) is 23.2. The van der Waals surface area contributed by atoms with Crippen molar-refractivity contribution in [1.82, 2.24) is 15.0 Å². The third kappa shape index (κ3) is 8.03. The topological polar surface area (TPSA) is 155 Å². The van der Waals surface area contributed by atoms with Gasteiger partial charge in [0, 0.05) is 83.1 Å². The average Bonchev–Trinajstić information content (AvgIpc) is 3.45. The number of thiazole rings is 1. The maximum absolute atomic E-state index is 13.4. The molecule has 0 atom stereocenters.